The fourth-order valence-electron chi connectivity index (χ4n) is 8.44. The van der Waals surface area contributed by atoms with Crippen molar-refractivity contribution >= 4 is 59.2 Å². The van der Waals surface area contributed by atoms with Crippen LogP contribution in [-0.4, -0.2) is 60.1 Å². The average molecular weight is 689 g/mol. The highest BCUT2D eigenvalue weighted by Crippen LogP contribution is 2.65. The zero-order chi connectivity index (χ0) is 35.1. The van der Waals surface area contributed by atoms with Crippen LogP contribution in [0.25, 0.3) is 0 Å². The van der Waals surface area contributed by atoms with Crippen molar-refractivity contribution < 1.29 is 48.2 Å². The molecule has 252 valence electrons. The number of allylic oxidation sites excluding steroid dienone is 2. The number of ether oxygens (including phenoxy) is 2. The minimum absolute atomic E-state index is 0.0253. The van der Waals surface area contributed by atoms with E-state index in [9.17, 15) is 38.7 Å². The smallest absolute Gasteiger partial charge is 0.488 e. The van der Waals surface area contributed by atoms with Crippen LogP contribution in [0.4, 0.5) is 15.8 Å². The van der Waals surface area contributed by atoms with Gasteiger partial charge >= 0.3 is 7.12 Å². The molecule has 2 saturated heterocycles. The molecule has 3 N–H and O–H groups in total. The lowest BCUT2D eigenvalue weighted by molar-refractivity contribution is -0.131. The molecule has 6 atom stereocenters. The monoisotopic (exact) mass is 688 g/mol. The molecule has 11 nitrogen and oxygen atoms in total. The van der Waals surface area contributed by atoms with Crippen molar-refractivity contribution in [1.29, 1.82) is 0 Å². The summed E-state index contributed by atoms with van der Waals surface area (Å²) >= 11 is 6.07. The first-order valence-electron chi connectivity index (χ1n) is 15.7. The first kappa shape index (κ1) is 32.8. The van der Waals surface area contributed by atoms with Crippen LogP contribution in [0.2, 0.25) is 5.02 Å². The molecule has 14 heteroatoms. The molecule has 0 radical (unpaired) electrons. The van der Waals surface area contributed by atoms with Gasteiger partial charge in [-0.2, -0.15) is 0 Å². The minimum Gasteiger partial charge on any atom is -0.507 e. The molecule has 7 rings (SSSR count). The van der Waals surface area contributed by atoms with Gasteiger partial charge in [-0.05, 0) is 61.5 Å². The Labute approximate surface area is 285 Å². The molecule has 0 unspecified atom stereocenters. The third-order valence-electron chi connectivity index (χ3n) is 10.7. The summed E-state index contributed by atoms with van der Waals surface area (Å²) in [7, 11) is 0.991. The largest absolute Gasteiger partial charge is 0.507 e. The van der Waals surface area contributed by atoms with Gasteiger partial charge in [-0.25, -0.2) is 9.29 Å². The van der Waals surface area contributed by atoms with E-state index in [4.69, 9.17) is 21.1 Å². The van der Waals surface area contributed by atoms with E-state index < -0.39 is 71.6 Å². The first-order valence-corrected chi connectivity index (χ1v) is 16.0. The second-order valence-corrected chi connectivity index (χ2v) is 13.4. The van der Waals surface area contributed by atoms with Crippen LogP contribution < -0.4 is 24.7 Å². The summed E-state index contributed by atoms with van der Waals surface area (Å²) < 4.78 is 25.2. The lowest BCUT2D eigenvalue weighted by atomic mass is 9.51. The lowest BCUT2D eigenvalue weighted by Gasteiger charge is -2.49. The van der Waals surface area contributed by atoms with E-state index >= 15 is 0 Å². The average Bonchev–Trinajstić information content (AvgIpc) is 3.45. The van der Waals surface area contributed by atoms with Crippen LogP contribution in [0, 0.1) is 34.9 Å². The summed E-state index contributed by atoms with van der Waals surface area (Å²) in [4.78, 5) is 59.3. The zero-order valence-electron chi connectivity index (χ0n) is 26.6. The predicted octanol–water partition coefficient (Wildman–Crippen LogP) is 3.32. The SMILES string of the molecule is COc1cc(O)c([C@H]2C3=CC[C@@H]4C(=O)N(c5cccc(B(O)O)c5)C(=O)[C@@H]4[C@@H]3C[C@H]3C(=O)N(c4ccc(F)c(Cl)c4)C(=O)[C@@]23C)c(OC)c1. The van der Waals surface area contributed by atoms with Gasteiger partial charge in [0.25, 0.3) is 0 Å². The van der Waals surface area contributed by atoms with Crippen LogP contribution in [0.1, 0.15) is 31.2 Å². The van der Waals surface area contributed by atoms with Gasteiger partial charge in [-0.1, -0.05) is 35.4 Å². The van der Waals surface area contributed by atoms with E-state index in [-0.39, 0.29) is 57.5 Å². The van der Waals surface area contributed by atoms with Gasteiger partial charge in [0.05, 0.1) is 53.8 Å². The Hall–Kier alpha value is -4.72. The molecule has 0 bridgehead atoms. The fourth-order valence-corrected chi connectivity index (χ4v) is 8.61. The molecule has 1 saturated carbocycles. The first-order chi connectivity index (χ1) is 23.3. The Balaban J connectivity index is 1.40. The van der Waals surface area contributed by atoms with Gasteiger partial charge in [0.15, 0.2) is 0 Å². The number of amides is 4. The number of rotatable bonds is 6. The number of fused-ring (bicyclic) bond motifs is 4. The second kappa shape index (κ2) is 11.7. The van der Waals surface area contributed by atoms with Crippen LogP contribution in [-0.2, 0) is 19.2 Å². The Kier molecular flexibility index (Phi) is 7.84. The molecule has 4 amide bonds. The lowest BCUT2D eigenvalue weighted by Crippen LogP contribution is -2.49. The molecule has 3 aromatic rings. The molecule has 4 aliphatic rings. The summed E-state index contributed by atoms with van der Waals surface area (Å²) in [6.07, 6.45) is 1.98. The van der Waals surface area contributed by atoms with Crippen molar-refractivity contribution in [2.75, 3.05) is 24.0 Å². The third-order valence-corrected chi connectivity index (χ3v) is 11.0. The number of carbonyl (C=O) groups is 4. The highest BCUT2D eigenvalue weighted by atomic mass is 35.5. The highest BCUT2D eigenvalue weighted by molar-refractivity contribution is 6.58. The fraction of sp³-hybridized carbons (Fsp3) is 0.314. The molecule has 2 aliphatic carbocycles. The molecule has 0 spiro atoms. The van der Waals surface area contributed by atoms with Crippen LogP contribution in [0.5, 0.6) is 17.2 Å². The highest BCUT2D eigenvalue weighted by Gasteiger charge is 2.68. The predicted molar refractivity (Wildman–Crippen MR) is 176 cm³/mol. The number of aromatic hydroxyl groups is 1. The van der Waals surface area contributed by atoms with E-state index in [0.29, 0.717) is 5.57 Å². The van der Waals surface area contributed by atoms with Crippen molar-refractivity contribution in [3.63, 3.8) is 0 Å². The van der Waals surface area contributed by atoms with Crippen molar-refractivity contribution in [1.82, 2.24) is 0 Å². The van der Waals surface area contributed by atoms with E-state index in [1.54, 1.807) is 13.0 Å². The Morgan fingerprint density at radius 2 is 1.65 bits per heavy atom. The van der Waals surface area contributed by atoms with Crippen molar-refractivity contribution in [3.8, 4) is 17.2 Å². The Morgan fingerprint density at radius 3 is 2.33 bits per heavy atom. The molecular formula is C35H31BClFN2O9. The van der Waals surface area contributed by atoms with Gasteiger partial charge in [-0.3, -0.25) is 24.1 Å². The Morgan fingerprint density at radius 1 is 0.918 bits per heavy atom. The van der Waals surface area contributed by atoms with E-state index in [1.165, 1.54) is 56.7 Å². The van der Waals surface area contributed by atoms with Crippen LogP contribution >= 0.6 is 11.6 Å². The number of nitrogens with zero attached hydrogens (tertiary/aromatic N) is 2. The molecule has 2 aliphatic heterocycles. The number of benzene rings is 3. The van der Waals surface area contributed by atoms with Gasteiger partial charge in [0, 0.05) is 23.6 Å². The summed E-state index contributed by atoms with van der Waals surface area (Å²) in [6.45, 7) is 1.64. The number of carbonyl (C=O) groups excluding carboxylic acids is 4. The molecule has 3 aromatic carbocycles. The maximum atomic E-state index is 14.7. The van der Waals surface area contributed by atoms with Crippen molar-refractivity contribution in [3.05, 3.63) is 82.6 Å². The van der Waals surface area contributed by atoms with Gasteiger partial charge < -0.3 is 24.6 Å². The topological polar surface area (TPSA) is 154 Å². The maximum Gasteiger partial charge on any atom is 0.488 e. The summed E-state index contributed by atoms with van der Waals surface area (Å²) in [6, 6.07) is 12.3. The van der Waals surface area contributed by atoms with Gasteiger partial charge in [-0.15, -0.1) is 0 Å². The molecule has 0 aromatic heterocycles. The minimum atomic E-state index is -1.82. The van der Waals surface area contributed by atoms with Crippen LogP contribution in [0.15, 0.2) is 66.2 Å². The molecule has 2 heterocycles. The Bertz CT molecular complexity index is 1990. The van der Waals surface area contributed by atoms with Gasteiger partial charge in [0.1, 0.15) is 23.1 Å². The number of anilines is 2. The number of phenolic OH excluding ortho intramolecular Hbond substituents is 1. The quantitative estimate of drug-likeness (QED) is 0.201. The number of hydrogen-bond acceptors (Lipinski definition) is 9. The molecule has 3 fully saturated rings. The van der Waals surface area contributed by atoms with E-state index in [0.717, 1.165) is 15.9 Å². The molecular weight excluding hydrogens is 658 g/mol. The third kappa shape index (κ3) is 4.70. The number of hydrogen-bond donors (Lipinski definition) is 3. The summed E-state index contributed by atoms with van der Waals surface area (Å²) in [5, 5.41) is 30.7. The summed E-state index contributed by atoms with van der Waals surface area (Å²) in [5.41, 5.74) is -0.373. The second-order valence-electron chi connectivity index (χ2n) is 13.0. The number of methoxy groups -OCH3 is 2. The summed E-state index contributed by atoms with van der Waals surface area (Å²) in [5.74, 6) is -7.19. The van der Waals surface area contributed by atoms with Crippen molar-refractivity contribution in [2.45, 2.75) is 25.7 Å². The van der Waals surface area contributed by atoms with Crippen LogP contribution in [0.3, 0.4) is 0 Å². The number of halogens is 2. The van der Waals surface area contributed by atoms with Gasteiger partial charge in [0.2, 0.25) is 23.6 Å². The van der Waals surface area contributed by atoms with E-state index in [2.05, 4.69) is 0 Å². The number of phenols is 1. The maximum absolute atomic E-state index is 14.7. The molecule has 49 heavy (non-hydrogen) atoms. The zero-order valence-corrected chi connectivity index (χ0v) is 27.3. The van der Waals surface area contributed by atoms with Crippen molar-refractivity contribution in [2.24, 2.45) is 29.1 Å². The standard InChI is InChI=1S/C35H31BClFN2O9/c1-35-23(32(43)40(34(35)45)18-7-10-25(38)24(37)12-18)15-22-20(30(35)29-26(41)13-19(48-2)14-27(29)49-3)8-9-21-28(22)33(44)39(31(21)42)17-6-4-5-16(11-17)36(46)47/h4-8,10-14,21-23,28,30,41,46-47H,9,15H2,1-3H3/t21-,22+,23-,28-,30+,35+/m0/s1. The normalized spacial score (nSPS) is 27.5. The van der Waals surface area contributed by atoms with E-state index in [1.807, 2.05) is 6.08 Å². The number of imide groups is 2.